The second kappa shape index (κ2) is 5.09. The molecule has 2 fully saturated rings. The number of hydrogen-bond donors (Lipinski definition) is 1. The van der Waals surface area contributed by atoms with Crippen molar-refractivity contribution < 1.29 is 24.1 Å². The Morgan fingerprint density at radius 3 is 2.35 bits per heavy atom. The van der Waals surface area contributed by atoms with E-state index in [1.165, 1.54) is 0 Å². The van der Waals surface area contributed by atoms with E-state index in [-0.39, 0.29) is 16.6 Å². The fourth-order valence-corrected chi connectivity index (χ4v) is 4.67. The Balaban J connectivity index is 1.82. The van der Waals surface area contributed by atoms with Crippen LogP contribution in [0.3, 0.4) is 0 Å². The van der Waals surface area contributed by atoms with Crippen molar-refractivity contribution in [3.8, 4) is 17.1 Å². The minimum atomic E-state index is -1.05. The highest BCUT2D eigenvalue weighted by molar-refractivity contribution is 5.66. The number of phenols is 1. The van der Waals surface area contributed by atoms with Gasteiger partial charge in [-0.05, 0) is 19.1 Å². The summed E-state index contributed by atoms with van der Waals surface area (Å²) in [4.78, 5) is 11.4. The van der Waals surface area contributed by atoms with E-state index in [9.17, 15) is 5.11 Å². The average Bonchev–Trinajstić information content (AvgIpc) is 2.97. The molecule has 4 rings (SSSR count). The van der Waals surface area contributed by atoms with Crippen LogP contribution in [0.1, 0.15) is 45.9 Å². The number of hydrogen-bond acceptors (Lipinski definition) is 6. The van der Waals surface area contributed by atoms with E-state index in [0.29, 0.717) is 17.9 Å². The van der Waals surface area contributed by atoms with Crippen LogP contribution in [0.2, 0.25) is 0 Å². The highest BCUT2D eigenvalue weighted by atomic mass is 17.3. The fraction of sp³-hybridized carbons (Fsp3) is 0.550. The maximum absolute atomic E-state index is 10.6. The molecular formula is C20H25NO5. The number of benzene rings is 1. The van der Waals surface area contributed by atoms with Crippen LogP contribution in [0.15, 0.2) is 28.8 Å². The normalized spacial score (nSPS) is 30.1. The highest BCUT2D eigenvalue weighted by Gasteiger charge is 2.81. The number of fused-ring (bicyclic) bond motifs is 1. The summed E-state index contributed by atoms with van der Waals surface area (Å²) >= 11 is 0. The number of rotatable bonds is 2. The van der Waals surface area contributed by atoms with Gasteiger partial charge in [-0.2, -0.15) is 4.89 Å². The van der Waals surface area contributed by atoms with Crippen LogP contribution in [0, 0.1) is 17.8 Å². The van der Waals surface area contributed by atoms with Gasteiger partial charge in [-0.1, -0.05) is 45.8 Å². The molecule has 0 bridgehead atoms. The van der Waals surface area contributed by atoms with Gasteiger partial charge in [0.05, 0.1) is 17.9 Å². The Morgan fingerprint density at radius 1 is 1.12 bits per heavy atom. The van der Waals surface area contributed by atoms with Gasteiger partial charge >= 0.3 is 0 Å². The van der Waals surface area contributed by atoms with Crippen LogP contribution in [0.5, 0.6) is 5.75 Å². The van der Waals surface area contributed by atoms with Gasteiger partial charge in [0.15, 0.2) is 11.4 Å². The lowest BCUT2D eigenvalue weighted by molar-refractivity contribution is -0.626. The topological polar surface area (TPSA) is 74.0 Å². The minimum absolute atomic E-state index is 0.0830. The van der Waals surface area contributed by atoms with Gasteiger partial charge in [0.1, 0.15) is 5.75 Å². The SMILES string of the molecule is Cc1cc(-c2ccc(C34OCC(C)(C)C3(C(C)(C)C)OO4)cc2O)on1. The predicted molar refractivity (Wildman–Crippen MR) is 94.1 cm³/mol. The number of aromatic nitrogens is 1. The molecule has 0 spiro atoms. The summed E-state index contributed by atoms with van der Waals surface area (Å²) in [6.07, 6.45) is 0. The van der Waals surface area contributed by atoms with Crippen molar-refractivity contribution in [2.45, 2.75) is 52.9 Å². The van der Waals surface area contributed by atoms with E-state index in [4.69, 9.17) is 19.0 Å². The summed E-state index contributed by atoms with van der Waals surface area (Å²) in [7, 11) is 0. The smallest absolute Gasteiger partial charge is 0.261 e. The first-order valence-corrected chi connectivity index (χ1v) is 8.82. The van der Waals surface area contributed by atoms with E-state index in [1.54, 1.807) is 18.2 Å². The highest BCUT2D eigenvalue weighted by Crippen LogP contribution is 2.69. The van der Waals surface area contributed by atoms with Crippen LogP contribution >= 0.6 is 0 Å². The van der Waals surface area contributed by atoms with Crippen LogP contribution in [0.25, 0.3) is 11.3 Å². The first-order chi connectivity index (χ1) is 12.0. The molecule has 26 heavy (non-hydrogen) atoms. The molecule has 1 aromatic carbocycles. The van der Waals surface area contributed by atoms with Crippen molar-refractivity contribution in [3.05, 3.63) is 35.5 Å². The van der Waals surface area contributed by atoms with Gasteiger partial charge in [0.2, 0.25) is 0 Å². The standard InChI is InChI=1S/C20H25NO5/c1-12-9-16(24-21-12)14-8-7-13(10-15(14)22)19-20(26-25-19,17(2,3)4)18(5,6)11-23-19/h7-10,22H,11H2,1-6H3. The summed E-state index contributed by atoms with van der Waals surface area (Å²) in [5.41, 5.74) is 0.863. The van der Waals surface area contributed by atoms with Crippen molar-refractivity contribution in [2.75, 3.05) is 6.61 Å². The first kappa shape index (κ1) is 17.5. The van der Waals surface area contributed by atoms with E-state index < -0.39 is 11.4 Å². The summed E-state index contributed by atoms with van der Waals surface area (Å²) in [6, 6.07) is 7.13. The van der Waals surface area contributed by atoms with Crippen molar-refractivity contribution in [2.24, 2.45) is 10.8 Å². The molecule has 2 saturated heterocycles. The third-order valence-corrected chi connectivity index (χ3v) is 5.66. The third kappa shape index (κ3) is 1.95. The molecule has 3 heterocycles. The Kier molecular flexibility index (Phi) is 3.43. The second-order valence-electron chi connectivity index (χ2n) is 8.95. The summed E-state index contributed by atoms with van der Waals surface area (Å²) in [5, 5.41) is 14.5. The van der Waals surface area contributed by atoms with Gasteiger partial charge in [-0.15, -0.1) is 0 Å². The number of nitrogens with zero attached hydrogens (tertiary/aromatic N) is 1. The molecule has 0 saturated carbocycles. The van der Waals surface area contributed by atoms with Crippen molar-refractivity contribution in [3.63, 3.8) is 0 Å². The molecule has 6 heteroatoms. The molecule has 1 N–H and O–H groups in total. The number of phenolic OH excluding ortho intramolecular Hbond substituents is 1. The van der Waals surface area contributed by atoms with Crippen molar-refractivity contribution in [1.82, 2.24) is 5.16 Å². The van der Waals surface area contributed by atoms with E-state index in [2.05, 4.69) is 39.8 Å². The van der Waals surface area contributed by atoms with Gasteiger partial charge in [-0.25, -0.2) is 4.89 Å². The summed E-state index contributed by atoms with van der Waals surface area (Å²) < 4.78 is 11.4. The Labute approximate surface area is 153 Å². The van der Waals surface area contributed by atoms with Gasteiger partial charge in [-0.3, -0.25) is 0 Å². The molecule has 0 amide bonds. The van der Waals surface area contributed by atoms with Gasteiger partial charge < -0.3 is 14.4 Å². The predicted octanol–water partition coefficient (Wildman–Crippen LogP) is 4.31. The molecular weight excluding hydrogens is 334 g/mol. The summed E-state index contributed by atoms with van der Waals surface area (Å²) in [6.45, 7) is 12.9. The molecule has 2 unspecified atom stereocenters. The van der Waals surface area contributed by atoms with Crippen molar-refractivity contribution >= 4 is 0 Å². The zero-order valence-corrected chi connectivity index (χ0v) is 16.0. The number of ether oxygens (including phenoxy) is 1. The third-order valence-electron chi connectivity index (χ3n) is 5.66. The molecule has 140 valence electrons. The monoisotopic (exact) mass is 359 g/mol. The first-order valence-electron chi connectivity index (χ1n) is 8.82. The minimum Gasteiger partial charge on any atom is -0.507 e. The van der Waals surface area contributed by atoms with Crippen LogP contribution in [-0.2, 0) is 20.3 Å². The zero-order valence-electron chi connectivity index (χ0n) is 16.0. The van der Waals surface area contributed by atoms with Gasteiger partial charge in [0.25, 0.3) is 5.79 Å². The molecule has 2 aliphatic rings. The number of aryl methyl sites for hydroxylation is 1. The van der Waals surface area contributed by atoms with Gasteiger partial charge in [0, 0.05) is 22.5 Å². The van der Waals surface area contributed by atoms with Crippen molar-refractivity contribution in [1.29, 1.82) is 0 Å². The fourth-order valence-electron chi connectivity index (χ4n) is 4.67. The molecule has 2 aromatic rings. The van der Waals surface area contributed by atoms with E-state index in [0.717, 1.165) is 11.3 Å². The quantitative estimate of drug-likeness (QED) is 0.806. The largest absolute Gasteiger partial charge is 0.507 e. The lowest BCUT2D eigenvalue weighted by Crippen LogP contribution is -2.72. The lowest BCUT2D eigenvalue weighted by atomic mass is 9.57. The van der Waals surface area contributed by atoms with E-state index in [1.807, 2.05) is 13.0 Å². The number of aromatic hydroxyl groups is 1. The molecule has 2 atom stereocenters. The summed E-state index contributed by atoms with van der Waals surface area (Å²) in [5.74, 6) is -0.452. The molecule has 2 aliphatic heterocycles. The Morgan fingerprint density at radius 2 is 1.85 bits per heavy atom. The maximum atomic E-state index is 10.6. The molecule has 0 radical (unpaired) electrons. The average molecular weight is 359 g/mol. The lowest BCUT2D eigenvalue weighted by Gasteiger charge is -2.61. The molecule has 1 aromatic heterocycles. The van der Waals surface area contributed by atoms with Crippen LogP contribution in [-0.4, -0.2) is 22.5 Å². The van der Waals surface area contributed by atoms with E-state index >= 15 is 0 Å². The molecule has 0 aliphatic carbocycles. The second-order valence-corrected chi connectivity index (χ2v) is 8.95. The van der Waals surface area contributed by atoms with Crippen LogP contribution in [0.4, 0.5) is 0 Å². The van der Waals surface area contributed by atoms with Crippen LogP contribution < -0.4 is 0 Å². The maximum Gasteiger partial charge on any atom is 0.261 e. The zero-order chi connectivity index (χ0) is 19.0. The Bertz CT molecular complexity index is 865. The molecule has 6 nitrogen and oxygen atoms in total. The Hall–Kier alpha value is -1.89.